The molecule has 2 N–H and O–H groups in total. The van der Waals surface area contributed by atoms with E-state index in [1.54, 1.807) is 4.90 Å². The van der Waals surface area contributed by atoms with Crippen LogP contribution in [0.1, 0.15) is 18.4 Å². The lowest BCUT2D eigenvalue weighted by Gasteiger charge is -2.31. The molecule has 7 nitrogen and oxygen atoms in total. The van der Waals surface area contributed by atoms with Gasteiger partial charge in [0.15, 0.2) is 0 Å². The average molecular weight is 347 g/mol. The first-order valence-electron chi connectivity index (χ1n) is 8.76. The van der Waals surface area contributed by atoms with Crippen molar-refractivity contribution in [2.75, 3.05) is 49.6 Å². The van der Waals surface area contributed by atoms with Gasteiger partial charge in [-0.3, -0.25) is 4.79 Å². The maximum atomic E-state index is 12.6. The van der Waals surface area contributed by atoms with Crippen molar-refractivity contribution >= 4 is 23.4 Å². The van der Waals surface area contributed by atoms with Crippen LogP contribution in [-0.2, 0) is 9.53 Å². The van der Waals surface area contributed by atoms with E-state index in [0.717, 1.165) is 36.4 Å². The molecule has 0 aromatic heterocycles. The van der Waals surface area contributed by atoms with Crippen molar-refractivity contribution in [1.29, 1.82) is 0 Å². The summed E-state index contributed by atoms with van der Waals surface area (Å²) in [5, 5.41) is 12.1. The molecule has 1 unspecified atom stereocenters. The van der Waals surface area contributed by atoms with E-state index >= 15 is 0 Å². The van der Waals surface area contributed by atoms with Crippen LogP contribution in [-0.4, -0.2) is 61.4 Å². The van der Waals surface area contributed by atoms with Crippen LogP contribution in [0.3, 0.4) is 0 Å². The van der Waals surface area contributed by atoms with Crippen molar-refractivity contribution in [1.82, 2.24) is 4.90 Å². The number of aryl methyl sites for hydroxylation is 1. The normalized spacial score (nSPS) is 21.1. The summed E-state index contributed by atoms with van der Waals surface area (Å²) in [6, 6.07) is 5.80. The van der Waals surface area contributed by atoms with Crippen molar-refractivity contribution in [3.05, 3.63) is 23.8 Å². The smallest absolute Gasteiger partial charge is 0.321 e. The van der Waals surface area contributed by atoms with Gasteiger partial charge in [0.05, 0.1) is 19.1 Å². The molecule has 1 aromatic rings. The number of carbonyl (C=O) groups is 2. The van der Waals surface area contributed by atoms with Gasteiger partial charge in [-0.2, -0.15) is 0 Å². The van der Waals surface area contributed by atoms with E-state index in [2.05, 4.69) is 16.3 Å². The number of rotatable bonds is 3. The number of carboxylic acids is 1. The Hall–Kier alpha value is -2.28. The Morgan fingerprint density at radius 2 is 2.00 bits per heavy atom. The number of hydrogen-bond acceptors (Lipinski definition) is 4. The molecule has 2 aliphatic heterocycles. The van der Waals surface area contributed by atoms with Gasteiger partial charge in [-0.1, -0.05) is 6.07 Å². The summed E-state index contributed by atoms with van der Waals surface area (Å²) in [5.41, 5.74) is 2.81. The van der Waals surface area contributed by atoms with E-state index < -0.39 is 11.9 Å². The Morgan fingerprint density at radius 1 is 1.24 bits per heavy atom. The van der Waals surface area contributed by atoms with Gasteiger partial charge in [0, 0.05) is 37.6 Å². The van der Waals surface area contributed by atoms with Gasteiger partial charge in [0.1, 0.15) is 0 Å². The molecule has 0 bridgehead atoms. The number of anilines is 2. The van der Waals surface area contributed by atoms with Crippen LogP contribution >= 0.6 is 0 Å². The monoisotopic (exact) mass is 347 g/mol. The number of nitrogens with zero attached hydrogens (tertiary/aromatic N) is 2. The summed E-state index contributed by atoms with van der Waals surface area (Å²) in [5.74, 6) is -1.30. The Bertz CT molecular complexity index is 643. The van der Waals surface area contributed by atoms with Crippen molar-refractivity contribution in [2.24, 2.45) is 5.92 Å². The van der Waals surface area contributed by atoms with Crippen molar-refractivity contribution in [2.45, 2.75) is 19.8 Å². The van der Waals surface area contributed by atoms with Gasteiger partial charge < -0.3 is 25.0 Å². The molecule has 2 saturated heterocycles. The highest BCUT2D eigenvalue weighted by Crippen LogP contribution is 2.25. The molecule has 2 aliphatic rings. The van der Waals surface area contributed by atoms with Gasteiger partial charge in [-0.15, -0.1) is 0 Å². The lowest BCUT2D eigenvalue weighted by molar-refractivity contribution is -0.143. The number of carboxylic acid groups (broad SMARTS) is 1. The highest BCUT2D eigenvalue weighted by molar-refractivity contribution is 5.91. The number of nitrogens with one attached hydrogen (secondary N) is 1. The van der Waals surface area contributed by atoms with E-state index in [1.807, 2.05) is 19.1 Å². The molecule has 7 heteroatoms. The predicted octanol–water partition coefficient (Wildman–Crippen LogP) is 2.16. The molecule has 0 radical (unpaired) electrons. The fourth-order valence-electron chi connectivity index (χ4n) is 3.32. The Kier molecular flexibility index (Phi) is 5.43. The number of aliphatic carboxylic acids is 1. The maximum absolute atomic E-state index is 12.6. The van der Waals surface area contributed by atoms with E-state index in [9.17, 15) is 14.7 Å². The molecule has 1 atom stereocenters. The summed E-state index contributed by atoms with van der Waals surface area (Å²) in [6.07, 6.45) is 1.35. The van der Waals surface area contributed by atoms with E-state index in [4.69, 9.17) is 4.74 Å². The summed E-state index contributed by atoms with van der Waals surface area (Å²) in [6.45, 7) is 5.90. The van der Waals surface area contributed by atoms with Crippen molar-refractivity contribution in [3.8, 4) is 0 Å². The number of likely N-dealkylation sites (tertiary alicyclic amines) is 1. The first-order chi connectivity index (χ1) is 12.0. The molecule has 2 amide bonds. The number of benzene rings is 1. The third-order valence-electron chi connectivity index (χ3n) is 4.90. The lowest BCUT2D eigenvalue weighted by atomic mass is 9.99. The second kappa shape index (κ2) is 7.74. The summed E-state index contributed by atoms with van der Waals surface area (Å²) in [7, 11) is 0. The molecule has 25 heavy (non-hydrogen) atoms. The van der Waals surface area contributed by atoms with Gasteiger partial charge in [0.2, 0.25) is 0 Å². The first kappa shape index (κ1) is 17.5. The SMILES string of the molecule is Cc1ccc(N2CCOCC2)cc1NC(=O)N1CCCC(C(=O)O)C1. The third-order valence-corrected chi connectivity index (χ3v) is 4.90. The average Bonchev–Trinajstić information content (AvgIpc) is 2.64. The van der Waals surface area contributed by atoms with Crippen LogP contribution in [0.5, 0.6) is 0 Å². The van der Waals surface area contributed by atoms with Crippen LogP contribution in [0.2, 0.25) is 0 Å². The largest absolute Gasteiger partial charge is 0.481 e. The minimum atomic E-state index is -0.831. The fraction of sp³-hybridized carbons (Fsp3) is 0.556. The van der Waals surface area contributed by atoms with Crippen molar-refractivity contribution in [3.63, 3.8) is 0 Å². The van der Waals surface area contributed by atoms with E-state index in [1.165, 1.54) is 0 Å². The van der Waals surface area contributed by atoms with Gasteiger partial charge in [0.25, 0.3) is 0 Å². The van der Waals surface area contributed by atoms with Crippen LogP contribution < -0.4 is 10.2 Å². The Labute approximate surface area is 147 Å². The molecule has 2 fully saturated rings. The molecular weight excluding hydrogens is 322 g/mol. The van der Waals surface area contributed by atoms with Gasteiger partial charge in [-0.05, 0) is 37.5 Å². The van der Waals surface area contributed by atoms with Gasteiger partial charge in [-0.25, -0.2) is 4.79 Å². The number of morpholine rings is 1. The zero-order valence-electron chi connectivity index (χ0n) is 14.5. The first-order valence-corrected chi connectivity index (χ1v) is 8.76. The highest BCUT2D eigenvalue weighted by atomic mass is 16.5. The molecule has 0 saturated carbocycles. The van der Waals surface area contributed by atoms with Crippen LogP contribution in [0.4, 0.5) is 16.2 Å². The highest BCUT2D eigenvalue weighted by Gasteiger charge is 2.28. The molecule has 0 spiro atoms. The number of ether oxygens (including phenoxy) is 1. The summed E-state index contributed by atoms with van der Waals surface area (Å²) >= 11 is 0. The van der Waals surface area contributed by atoms with Crippen molar-refractivity contribution < 1.29 is 19.4 Å². The summed E-state index contributed by atoms with van der Waals surface area (Å²) < 4.78 is 5.38. The molecular formula is C18H25N3O4. The second-order valence-corrected chi connectivity index (χ2v) is 6.65. The molecule has 1 aromatic carbocycles. The van der Waals surface area contributed by atoms with Crippen LogP contribution in [0.25, 0.3) is 0 Å². The number of hydrogen-bond donors (Lipinski definition) is 2. The minimum absolute atomic E-state index is 0.229. The lowest BCUT2D eigenvalue weighted by Crippen LogP contribution is -2.44. The number of amides is 2. The Morgan fingerprint density at radius 3 is 2.72 bits per heavy atom. The number of carbonyl (C=O) groups excluding carboxylic acids is 1. The Balaban J connectivity index is 1.68. The van der Waals surface area contributed by atoms with E-state index in [-0.39, 0.29) is 12.6 Å². The zero-order chi connectivity index (χ0) is 17.8. The molecule has 2 heterocycles. The fourth-order valence-corrected chi connectivity index (χ4v) is 3.32. The minimum Gasteiger partial charge on any atom is -0.481 e. The molecule has 3 rings (SSSR count). The zero-order valence-corrected chi connectivity index (χ0v) is 14.5. The number of urea groups is 1. The summed E-state index contributed by atoms with van der Waals surface area (Å²) in [4.78, 5) is 27.6. The van der Waals surface area contributed by atoms with Crippen LogP contribution in [0.15, 0.2) is 18.2 Å². The third kappa shape index (κ3) is 4.22. The topological polar surface area (TPSA) is 82.1 Å². The molecule has 0 aliphatic carbocycles. The second-order valence-electron chi connectivity index (χ2n) is 6.65. The quantitative estimate of drug-likeness (QED) is 0.876. The predicted molar refractivity (Wildman–Crippen MR) is 95.2 cm³/mol. The van der Waals surface area contributed by atoms with Crippen LogP contribution in [0, 0.1) is 12.8 Å². The molecule has 136 valence electrons. The number of piperidine rings is 1. The standard InChI is InChI=1S/C18H25N3O4/c1-13-4-5-15(20-7-9-25-10-8-20)11-16(13)19-18(24)21-6-2-3-14(12-21)17(22)23/h4-5,11,14H,2-3,6-10,12H2,1H3,(H,19,24)(H,22,23). The maximum Gasteiger partial charge on any atom is 0.321 e. The van der Waals surface area contributed by atoms with E-state index in [0.29, 0.717) is 26.2 Å². The van der Waals surface area contributed by atoms with Gasteiger partial charge >= 0.3 is 12.0 Å².